The van der Waals surface area contributed by atoms with Crippen LogP contribution in [-0.2, 0) is 4.79 Å². The number of rotatable bonds is 7. The van der Waals surface area contributed by atoms with Gasteiger partial charge in [0.05, 0.1) is 12.3 Å². The van der Waals surface area contributed by atoms with Crippen LogP contribution in [-0.4, -0.2) is 17.5 Å². The van der Waals surface area contributed by atoms with E-state index in [1.165, 1.54) is 28.5 Å². The molecule has 0 atom stereocenters. The molecule has 3 aromatic rings. The van der Waals surface area contributed by atoms with Crippen LogP contribution in [0.15, 0.2) is 53.9 Å². The first kappa shape index (κ1) is 19.8. The Morgan fingerprint density at radius 3 is 2.79 bits per heavy atom. The van der Waals surface area contributed by atoms with Gasteiger partial charge in [-0.05, 0) is 49.6 Å². The molecule has 0 fully saturated rings. The van der Waals surface area contributed by atoms with Crippen molar-refractivity contribution in [2.24, 2.45) is 0 Å². The monoisotopic (exact) mass is 392 g/mol. The second kappa shape index (κ2) is 9.33. The third-order valence-corrected chi connectivity index (χ3v) is 5.09. The number of thiazole rings is 1. The van der Waals surface area contributed by atoms with Crippen molar-refractivity contribution in [3.8, 4) is 17.0 Å². The molecule has 0 aliphatic rings. The molecule has 0 saturated heterocycles. The lowest BCUT2D eigenvalue weighted by Crippen LogP contribution is -2.07. The van der Waals surface area contributed by atoms with Crippen LogP contribution < -0.4 is 10.1 Å². The highest BCUT2D eigenvalue weighted by molar-refractivity contribution is 7.14. The molecule has 2 aromatic carbocycles. The highest BCUT2D eigenvalue weighted by atomic mass is 32.1. The number of nitrogens with one attached hydrogen (secondary N) is 1. The minimum Gasteiger partial charge on any atom is -0.493 e. The summed E-state index contributed by atoms with van der Waals surface area (Å²) in [5.74, 6) is 0.561. The predicted molar refractivity (Wildman–Crippen MR) is 117 cm³/mol. The molecule has 0 aliphatic heterocycles. The maximum absolute atomic E-state index is 12.3. The number of para-hydroxylation sites is 1. The van der Waals surface area contributed by atoms with E-state index in [0.717, 1.165) is 29.0 Å². The summed E-state index contributed by atoms with van der Waals surface area (Å²) < 4.78 is 5.71. The van der Waals surface area contributed by atoms with Gasteiger partial charge < -0.3 is 4.74 Å². The Labute approximate surface area is 169 Å². The van der Waals surface area contributed by atoms with E-state index in [1.807, 2.05) is 29.6 Å². The zero-order valence-electron chi connectivity index (χ0n) is 16.4. The lowest BCUT2D eigenvalue weighted by atomic mass is 10.1. The summed E-state index contributed by atoms with van der Waals surface area (Å²) in [7, 11) is 0. The van der Waals surface area contributed by atoms with Crippen LogP contribution in [0.25, 0.3) is 17.3 Å². The average Bonchev–Trinajstić information content (AvgIpc) is 3.16. The average molecular weight is 393 g/mol. The first-order valence-electron chi connectivity index (χ1n) is 9.31. The second-order valence-corrected chi connectivity index (χ2v) is 7.40. The number of benzene rings is 2. The summed E-state index contributed by atoms with van der Waals surface area (Å²) in [4.78, 5) is 16.8. The van der Waals surface area contributed by atoms with E-state index < -0.39 is 0 Å². The van der Waals surface area contributed by atoms with Gasteiger partial charge in [0.1, 0.15) is 5.75 Å². The van der Waals surface area contributed by atoms with E-state index in [2.05, 4.69) is 49.3 Å². The van der Waals surface area contributed by atoms with Gasteiger partial charge in [-0.1, -0.05) is 37.3 Å². The molecule has 0 radical (unpaired) electrons. The van der Waals surface area contributed by atoms with Crippen LogP contribution in [0.3, 0.4) is 0 Å². The van der Waals surface area contributed by atoms with Gasteiger partial charge in [-0.25, -0.2) is 4.98 Å². The molecule has 0 spiro atoms. The number of amides is 1. The van der Waals surface area contributed by atoms with E-state index in [4.69, 9.17) is 4.74 Å². The fourth-order valence-electron chi connectivity index (χ4n) is 2.64. The Hall–Kier alpha value is -2.92. The largest absolute Gasteiger partial charge is 0.493 e. The zero-order chi connectivity index (χ0) is 19.9. The van der Waals surface area contributed by atoms with Crippen LogP contribution >= 0.6 is 11.3 Å². The number of carbonyl (C=O) groups is 1. The molecule has 1 amide bonds. The standard InChI is InChI=1S/C23H24N2O2S/c1-4-13-27-21-8-6-5-7-18(21)11-12-22(26)25-23-24-20(15-28-23)19-10-9-16(2)17(3)14-19/h5-12,14-15H,4,13H2,1-3H3,(H,24,25,26)/b12-11+. The van der Waals surface area contributed by atoms with Gasteiger partial charge in [0.15, 0.2) is 5.13 Å². The zero-order valence-corrected chi connectivity index (χ0v) is 17.2. The first-order valence-corrected chi connectivity index (χ1v) is 10.2. The minimum atomic E-state index is -0.216. The van der Waals surface area contributed by atoms with Crippen molar-refractivity contribution in [3.63, 3.8) is 0 Å². The third-order valence-electron chi connectivity index (χ3n) is 4.33. The van der Waals surface area contributed by atoms with Crippen molar-refractivity contribution in [2.75, 3.05) is 11.9 Å². The predicted octanol–water partition coefficient (Wildman–Crippen LogP) is 5.87. The van der Waals surface area contributed by atoms with Gasteiger partial charge >= 0.3 is 0 Å². The summed E-state index contributed by atoms with van der Waals surface area (Å²) in [6, 6.07) is 13.9. The van der Waals surface area contributed by atoms with Crippen LogP contribution in [0.1, 0.15) is 30.0 Å². The first-order chi connectivity index (χ1) is 13.6. The third kappa shape index (κ3) is 5.08. The summed E-state index contributed by atoms with van der Waals surface area (Å²) in [6.07, 6.45) is 4.20. The summed E-state index contributed by atoms with van der Waals surface area (Å²) in [5, 5.41) is 5.37. The Kier molecular flexibility index (Phi) is 6.61. The van der Waals surface area contributed by atoms with Crippen LogP contribution in [0.4, 0.5) is 5.13 Å². The van der Waals surface area contributed by atoms with Gasteiger partial charge in [0.2, 0.25) is 5.91 Å². The maximum atomic E-state index is 12.3. The lowest BCUT2D eigenvalue weighted by Gasteiger charge is -2.07. The molecule has 1 heterocycles. The topological polar surface area (TPSA) is 51.2 Å². The lowest BCUT2D eigenvalue weighted by molar-refractivity contribution is -0.111. The fourth-order valence-corrected chi connectivity index (χ4v) is 3.36. The van der Waals surface area contributed by atoms with Crippen molar-refractivity contribution < 1.29 is 9.53 Å². The molecule has 5 heteroatoms. The Balaban J connectivity index is 1.67. The Morgan fingerprint density at radius 2 is 2.00 bits per heavy atom. The minimum absolute atomic E-state index is 0.216. The molecule has 1 N–H and O–H groups in total. The van der Waals surface area contributed by atoms with E-state index in [-0.39, 0.29) is 5.91 Å². The quantitative estimate of drug-likeness (QED) is 0.512. The van der Waals surface area contributed by atoms with Crippen molar-refractivity contribution >= 4 is 28.5 Å². The highest BCUT2D eigenvalue weighted by Gasteiger charge is 2.08. The van der Waals surface area contributed by atoms with Crippen molar-refractivity contribution in [2.45, 2.75) is 27.2 Å². The van der Waals surface area contributed by atoms with E-state index >= 15 is 0 Å². The molecule has 3 rings (SSSR count). The van der Waals surface area contributed by atoms with E-state index in [9.17, 15) is 4.79 Å². The summed E-state index contributed by atoms with van der Waals surface area (Å²) in [6.45, 7) is 6.88. The van der Waals surface area contributed by atoms with Gasteiger partial charge in [0, 0.05) is 22.6 Å². The molecule has 0 aliphatic carbocycles. The summed E-state index contributed by atoms with van der Waals surface area (Å²) >= 11 is 1.42. The molecular weight excluding hydrogens is 368 g/mol. The molecule has 4 nitrogen and oxygen atoms in total. The molecule has 28 heavy (non-hydrogen) atoms. The number of hydrogen-bond donors (Lipinski definition) is 1. The maximum Gasteiger partial charge on any atom is 0.250 e. The Morgan fingerprint density at radius 1 is 1.18 bits per heavy atom. The molecule has 0 bridgehead atoms. The number of ether oxygens (including phenoxy) is 1. The molecule has 144 valence electrons. The fraction of sp³-hybridized carbons (Fsp3) is 0.217. The highest BCUT2D eigenvalue weighted by Crippen LogP contribution is 2.26. The van der Waals surface area contributed by atoms with Crippen LogP contribution in [0, 0.1) is 13.8 Å². The number of anilines is 1. The number of aromatic nitrogens is 1. The molecular formula is C23H24N2O2S. The second-order valence-electron chi connectivity index (χ2n) is 6.55. The normalized spacial score (nSPS) is 11.0. The number of hydrogen-bond acceptors (Lipinski definition) is 4. The van der Waals surface area contributed by atoms with E-state index in [0.29, 0.717) is 11.7 Å². The summed E-state index contributed by atoms with van der Waals surface area (Å²) in [5.41, 5.74) is 5.27. The van der Waals surface area contributed by atoms with Crippen molar-refractivity contribution in [1.82, 2.24) is 4.98 Å². The molecule has 0 saturated carbocycles. The molecule has 0 unspecified atom stereocenters. The van der Waals surface area contributed by atoms with Gasteiger partial charge in [-0.2, -0.15) is 0 Å². The SMILES string of the molecule is CCCOc1ccccc1/C=C/C(=O)Nc1nc(-c2ccc(C)c(C)c2)cs1. The Bertz CT molecular complexity index is 992. The van der Waals surface area contributed by atoms with Crippen LogP contribution in [0.5, 0.6) is 5.75 Å². The van der Waals surface area contributed by atoms with Gasteiger partial charge in [0.25, 0.3) is 0 Å². The van der Waals surface area contributed by atoms with Crippen molar-refractivity contribution in [3.05, 3.63) is 70.6 Å². The molecule has 1 aromatic heterocycles. The number of carbonyl (C=O) groups excluding carboxylic acids is 1. The van der Waals surface area contributed by atoms with Gasteiger partial charge in [-0.15, -0.1) is 11.3 Å². The smallest absolute Gasteiger partial charge is 0.250 e. The number of aryl methyl sites for hydroxylation is 2. The van der Waals surface area contributed by atoms with Gasteiger partial charge in [-0.3, -0.25) is 10.1 Å². The van der Waals surface area contributed by atoms with E-state index in [1.54, 1.807) is 6.08 Å². The number of nitrogens with zero attached hydrogens (tertiary/aromatic N) is 1. The van der Waals surface area contributed by atoms with Crippen molar-refractivity contribution in [1.29, 1.82) is 0 Å². The van der Waals surface area contributed by atoms with Crippen LogP contribution in [0.2, 0.25) is 0 Å².